The molecule has 0 unspecified atom stereocenters. The molecule has 4 nitrogen and oxygen atoms in total. The monoisotopic (exact) mass is 235 g/mol. The van der Waals surface area contributed by atoms with Crippen molar-refractivity contribution in [1.82, 2.24) is 4.98 Å². The summed E-state index contributed by atoms with van der Waals surface area (Å²) in [5.74, 6) is 0. The number of nitrogens with zero attached hydrogens (tertiary/aromatic N) is 2. The van der Waals surface area contributed by atoms with Crippen LogP contribution in [0.1, 0.15) is 0 Å². The van der Waals surface area contributed by atoms with Crippen LogP contribution in [0.4, 0.5) is 24.5 Å². The van der Waals surface area contributed by atoms with Crippen LogP contribution < -0.4 is 10.6 Å². The molecule has 16 heavy (non-hydrogen) atoms. The van der Waals surface area contributed by atoms with E-state index in [2.05, 4.69) is 9.72 Å². The average molecular weight is 235 g/mol. The van der Waals surface area contributed by atoms with Gasteiger partial charge in [0.2, 0.25) is 0 Å². The third-order valence-electron chi connectivity index (χ3n) is 1.93. The van der Waals surface area contributed by atoms with Crippen molar-refractivity contribution in [2.24, 2.45) is 0 Å². The zero-order valence-electron chi connectivity index (χ0n) is 8.66. The van der Waals surface area contributed by atoms with Crippen molar-refractivity contribution in [2.75, 3.05) is 30.8 Å². The second-order valence-electron chi connectivity index (χ2n) is 3.15. The van der Waals surface area contributed by atoms with E-state index in [1.54, 1.807) is 18.0 Å². The zero-order valence-corrected chi connectivity index (χ0v) is 8.66. The Morgan fingerprint density at radius 2 is 2.19 bits per heavy atom. The lowest BCUT2D eigenvalue weighted by Gasteiger charge is -2.20. The molecule has 0 aliphatic carbocycles. The van der Waals surface area contributed by atoms with E-state index >= 15 is 0 Å². The fourth-order valence-electron chi connectivity index (χ4n) is 1.17. The topological polar surface area (TPSA) is 51.4 Å². The highest BCUT2D eigenvalue weighted by atomic mass is 19.4. The molecule has 0 saturated heterocycles. The highest BCUT2D eigenvalue weighted by Crippen LogP contribution is 2.20. The standard InChI is InChI=1S/C9H12F3N3O/c1-15(4-5-16-9(10,11)12)8-2-3-14-6-7(8)13/h2-3,6H,4-5,13H2,1H3. The molecular weight excluding hydrogens is 223 g/mol. The molecule has 0 atom stereocenters. The van der Waals surface area contributed by atoms with Gasteiger partial charge >= 0.3 is 6.36 Å². The first-order valence-corrected chi connectivity index (χ1v) is 4.51. The maximum Gasteiger partial charge on any atom is 0.522 e. The molecule has 0 fully saturated rings. The predicted molar refractivity (Wildman–Crippen MR) is 53.9 cm³/mol. The van der Waals surface area contributed by atoms with Gasteiger partial charge in [-0.1, -0.05) is 0 Å². The number of ether oxygens (including phenoxy) is 1. The number of aromatic nitrogens is 1. The minimum absolute atomic E-state index is 0.0910. The molecule has 2 N–H and O–H groups in total. The molecule has 0 amide bonds. The lowest BCUT2D eigenvalue weighted by atomic mass is 10.3. The van der Waals surface area contributed by atoms with Gasteiger partial charge < -0.3 is 10.6 Å². The molecule has 1 heterocycles. The lowest BCUT2D eigenvalue weighted by molar-refractivity contribution is -0.323. The molecule has 90 valence electrons. The molecule has 0 bridgehead atoms. The Bertz CT molecular complexity index is 343. The molecule has 1 aromatic rings. The molecular formula is C9H12F3N3O. The second kappa shape index (κ2) is 5.02. The SMILES string of the molecule is CN(CCOC(F)(F)F)c1ccncc1N. The lowest BCUT2D eigenvalue weighted by Crippen LogP contribution is -2.26. The van der Waals surface area contributed by atoms with Crippen LogP contribution in [0, 0.1) is 0 Å². The highest BCUT2D eigenvalue weighted by Gasteiger charge is 2.28. The molecule has 7 heteroatoms. The molecule has 0 saturated carbocycles. The van der Waals surface area contributed by atoms with Gasteiger partial charge in [0.1, 0.15) is 0 Å². The molecule has 1 rings (SSSR count). The van der Waals surface area contributed by atoms with E-state index in [-0.39, 0.29) is 6.54 Å². The summed E-state index contributed by atoms with van der Waals surface area (Å²) in [6.07, 6.45) is -1.63. The molecule has 0 aliphatic heterocycles. The van der Waals surface area contributed by atoms with Gasteiger partial charge in [-0.25, -0.2) is 0 Å². The number of halogens is 3. The Kier molecular flexibility index (Phi) is 3.94. The molecule has 0 radical (unpaired) electrons. The molecule has 0 aromatic carbocycles. The number of likely N-dealkylation sites (N-methyl/N-ethyl adjacent to an activating group) is 1. The summed E-state index contributed by atoms with van der Waals surface area (Å²) in [6, 6.07) is 1.63. The van der Waals surface area contributed by atoms with E-state index in [1.165, 1.54) is 12.4 Å². The minimum Gasteiger partial charge on any atom is -0.396 e. The zero-order chi connectivity index (χ0) is 12.2. The number of nitrogen functional groups attached to an aromatic ring is 1. The Labute approximate surface area is 90.8 Å². The first kappa shape index (κ1) is 12.6. The van der Waals surface area contributed by atoms with Crippen LogP contribution in [0.2, 0.25) is 0 Å². The van der Waals surface area contributed by atoms with Crippen LogP contribution in [0.5, 0.6) is 0 Å². The molecule has 0 aliphatic rings. The van der Waals surface area contributed by atoms with Gasteiger partial charge in [0.05, 0.1) is 24.2 Å². The largest absolute Gasteiger partial charge is 0.522 e. The summed E-state index contributed by atoms with van der Waals surface area (Å²) in [6.45, 7) is -0.352. The van der Waals surface area contributed by atoms with Gasteiger partial charge in [0.15, 0.2) is 0 Å². The summed E-state index contributed by atoms with van der Waals surface area (Å²) in [5, 5.41) is 0. The molecule has 1 aromatic heterocycles. The Morgan fingerprint density at radius 1 is 1.50 bits per heavy atom. The van der Waals surface area contributed by atoms with Gasteiger partial charge in [-0.15, -0.1) is 13.2 Å². The normalized spacial score (nSPS) is 11.5. The van der Waals surface area contributed by atoms with Crippen LogP contribution in [0.15, 0.2) is 18.5 Å². The van der Waals surface area contributed by atoms with Crippen molar-refractivity contribution in [3.05, 3.63) is 18.5 Å². The van der Waals surface area contributed by atoms with Crippen LogP contribution in [0.25, 0.3) is 0 Å². The Morgan fingerprint density at radius 3 is 2.75 bits per heavy atom. The van der Waals surface area contributed by atoms with Gasteiger partial charge in [-0.05, 0) is 6.07 Å². The first-order chi connectivity index (χ1) is 7.40. The van der Waals surface area contributed by atoms with E-state index in [9.17, 15) is 13.2 Å². The van der Waals surface area contributed by atoms with Crippen molar-refractivity contribution in [1.29, 1.82) is 0 Å². The number of anilines is 2. The minimum atomic E-state index is -4.59. The van der Waals surface area contributed by atoms with E-state index < -0.39 is 13.0 Å². The fourth-order valence-corrected chi connectivity index (χ4v) is 1.17. The fraction of sp³-hybridized carbons (Fsp3) is 0.444. The van der Waals surface area contributed by atoms with Crippen molar-refractivity contribution in [3.63, 3.8) is 0 Å². The van der Waals surface area contributed by atoms with Gasteiger partial charge in [-0.2, -0.15) is 0 Å². The highest BCUT2D eigenvalue weighted by molar-refractivity contribution is 5.65. The van der Waals surface area contributed by atoms with Crippen molar-refractivity contribution in [2.45, 2.75) is 6.36 Å². The smallest absolute Gasteiger partial charge is 0.396 e. The van der Waals surface area contributed by atoms with E-state index in [0.29, 0.717) is 11.4 Å². The number of rotatable bonds is 4. The van der Waals surface area contributed by atoms with E-state index in [0.717, 1.165) is 0 Å². The Balaban J connectivity index is 2.47. The predicted octanol–water partition coefficient (Wildman–Crippen LogP) is 1.64. The van der Waals surface area contributed by atoms with Gasteiger partial charge in [-0.3, -0.25) is 9.72 Å². The van der Waals surface area contributed by atoms with Crippen molar-refractivity contribution >= 4 is 11.4 Å². The second-order valence-corrected chi connectivity index (χ2v) is 3.15. The van der Waals surface area contributed by atoms with Crippen molar-refractivity contribution in [3.8, 4) is 0 Å². The summed E-state index contributed by atoms with van der Waals surface area (Å²) < 4.78 is 38.8. The van der Waals surface area contributed by atoms with Crippen LogP contribution >= 0.6 is 0 Å². The summed E-state index contributed by atoms with van der Waals surface area (Å²) in [5.41, 5.74) is 6.65. The first-order valence-electron chi connectivity index (χ1n) is 4.51. The number of nitrogens with two attached hydrogens (primary N) is 1. The number of pyridine rings is 1. The van der Waals surface area contributed by atoms with Crippen LogP contribution in [-0.2, 0) is 4.74 Å². The third-order valence-corrected chi connectivity index (χ3v) is 1.93. The number of alkyl halides is 3. The quantitative estimate of drug-likeness (QED) is 0.861. The van der Waals surface area contributed by atoms with E-state index in [1.807, 2.05) is 0 Å². The Hall–Kier alpha value is -1.50. The van der Waals surface area contributed by atoms with Crippen LogP contribution in [0.3, 0.4) is 0 Å². The molecule has 0 spiro atoms. The van der Waals surface area contributed by atoms with Crippen molar-refractivity contribution < 1.29 is 17.9 Å². The average Bonchev–Trinajstić information content (AvgIpc) is 2.16. The number of hydrogen-bond acceptors (Lipinski definition) is 4. The maximum atomic E-state index is 11.7. The van der Waals surface area contributed by atoms with E-state index in [4.69, 9.17) is 5.73 Å². The third kappa shape index (κ3) is 3.93. The van der Waals surface area contributed by atoms with Gasteiger partial charge in [0, 0.05) is 19.8 Å². The van der Waals surface area contributed by atoms with Gasteiger partial charge in [0.25, 0.3) is 0 Å². The maximum absolute atomic E-state index is 11.7. The summed E-state index contributed by atoms with van der Waals surface area (Å²) in [7, 11) is 1.63. The van der Waals surface area contributed by atoms with Crippen LogP contribution in [-0.4, -0.2) is 31.5 Å². The summed E-state index contributed by atoms with van der Waals surface area (Å²) in [4.78, 5) is 5.36. The number of hydrogen-bond donors (Lipinski definition) is 1. The summed E-state index contributed by atoms with van der Waals surface area (Å²) >= 11 is 0.